The van der Waals surface area contributed by atoms with Crippen LogP contribution in [0.2, 0.25) is 0 Å². The van der Waals surface area contributed by atoms with Gasteiger partial charge >= 0.3 is 0 Å². The van der Waals surface area contributed by atoms with Gasteiger partial charge < -0.3 is 10.0 Å². The van der Waals surface area contributed by atoms with Crippen molar-refractivity contribution in [1.29, 1.82) is 0 Å². The van der Waals surface area contributed by atoms with Crippen molar-refractivity contribution >= 4 is 5.91 Å². The Morgan fingerprint density at radius 1 is 1.23 bits per heavy atom. The fourth-order valence-corrected chi connectivity index (χ4v) is 1.92. The summed E-state index contributed by atoms with van der Waals surface area (Å²) in [6, 6.07) is 0. The second-order valence-corrected chi connectivity index (χ2v) is 4.23. The van der Waals surface area contributed by atoms with Gasteiger partial charge in [-0.25, -0.2) is 0 Å². The summed E-state index contributed by atoms with van der Waals surface area (Å²) in [6.45, 7) is 2.01. The molecule has 1 aliphatic carbocycles. The van der Waals surface area contributed by atoms with Crippen LogP contribution in [-0.4, -0.2) is 35.6 Å². The summed E-state index contributed by atoms with van der Waals surface area (Å²) in [5.41, 5.74) is 0. The largest absolute Gasteiger partial charge is 0.396 e. The minimum absolute atomic E-state index is 0.283. The number of nitrogens with zero attached hydrogens (tertiary/aromatic N) is 1. The van der Waals surface area contributed by atoms with Crippen LogP contribution < -0.4 is 0 Å². The summed E-state index contributed by atoms with van der Waals surface area (Å²) in [5, 5.41) is 8.93. The van der Waals surface area contributed by atoms with Crippen LogP contribution in [0.15, 0.2) is 0 Å². The molecule has 0 spiro atoms. The third kappa shape index (κ3) is 2.02. The van der Waals surface area contributed by atoms with Crippen LogP contribution in [0.4, 0.5) is 0 Å². The Hall–Kier alpha value is -0.570. The highest BCUT2D eigenvalue weighted by Crippen LogP contribution is 2.32. The first-order chi connectivity index (χ1) is 6.31. The second kappa shape index (κ2) is 3.66. The van der Waals surface area contributed by atoms with Gasteiger partial charge in [0.1, 0.15) is 0 Å². The Labute approximate surface area is 78.7 Å². The third-order valence-corrected chi connectivity index (χ3v) is 3.11. The second-order valence-electron chi connectivity index (χ2n) is 4.23. The highest BCUT2D eigenvalue weighted by atomic mass is 16.3. The van der Waals surface area contributed by atoms with Crippen LogP contribution in [-0.2, 0) is 4.79 Å². The molecule has 0 bridgehead atoms. The number of hydrogen-bond donors (Lipinski definition) is 1. The van der Waals surface area contributed by atoms with Gasteiger partial charge in [0.2, 0.25) is 5.91 Å². The fourth-order valence-electron chi connectivity index (χ4n) is 1.92. The molecular formula is C10H17NO2. The van der Waals surface area contributed by atoms with E-state index in [4.69, 9.17) is 5.11 Å². The Morgan fingerprint density at radius 2 is 1.85 bits per heavy atom. The first kappa shape index (κ1) is 9.00. The van der Waals surface area contributed by atoms with Crippen LogP contribution in [0.1, 0.15) is 25.7 Å². The summed E-state index contributed by atoms with van der Waals surface area (Å²) in [5.74, 6) is 1.14. The molecule has 74 valence electrons. The molecule has 3 nitrogen and oxygen atoms in total. The van der Waals surface area contributed by atoms with Crippen molar-refractivity contribution in [3.05, 3.63) is 0 Å². The van der Waals surface area contributed by atoms with Gasteiger partial charge in [-0.15, -0.1) is 0 Å². The zero-order chi connectivity index (χ0) is 9.26. The van der Waals surface area contributed by atoms with Crippen molar-refractivity contribution < 1.29 is 9.90 Å². The maximum Gasteiger partial charge on any atom is 0.225 e. The Balaban J connectivity index is 1.79. The zero-order valence-electron chi connectivity index (χ0n) is 7.91. The van der Waals surface area contributed by atoms with E-state index < -0.39 is 0 Å². The number of rotatable bonds is 2. The van der Waals surface area contributed by atoms with Gasteiger partial charge in [-0.1, -0.05) is 0 Å². The number of aliphatic hydroxyl groups is 1. The Morgan fingerprint density at radius 3 is 2.31 bits per heavy atom. The topological polar surface area (TPSA) is 40.5 Å². The number of likely N-dealkylation sites (tertiary alicyclic amines) is 1. The number of piperidine rings is 1. The first-order valence-electron chi connectivity index (χ1n) is 5.21. The lowest BCUT2D eigenvalue weighted by Gasteiger charge is -2.31. The molecule has 1 amide bonds. The van der Waals surface area contributed by atoms with Crippen LogP contribution in [0, 0.1) is 11.8 Å². The maximum atomic E-state index is 11.6. The minimum atomic E-state index is 0.283. The van der Waals surface area contributed by atoms with Crippen molar-refractivity contribution in [2.24, 2.45) is 11.8 Å². The molecule has 3 heteroatoms. The predicted octanol–water partition coefficient (Wildman–Crippen LogP) is 0.627. The lowest BCUT2D eigenvalue weighted by atomic mass is 9.97. The van der Waals surface area contributed by atoms with Crippen LogP contribution in [0.5, 0.6) is 0 Å². The van der Waals surface area contributed by atoms with E-state index in [1.54, 1.807) is 0 Å². The van der Waals surface area contributed by atoms with Crippen LogP contribution in [0.3, 0.4) is 0 Å². The van der Waals surface area contributed by atoms with E-state index in [1.165, 1.54) is 0 Å². The van der Waals surface area contributed by atoms with Gasteiger partial charge in [0.25, 0.3) is 0 Å². The van der Waals surface area contributed by atoms with Gasteiger partial charge in [0, 0.05) is 25.6 Å². The monoisotopic (exact) mass is 183 g/mol. The van der Waals surface area contributed by atoms with E-state index in [0.717, 1.165) is 38.8 Å². The molecule has 1 saturated heterocycles. The normalized spacial score (nSPS) is 24.8. The van der Waals surface area contributed by atoms with Gasteiger partial charge in [0.15, 0.2) is 0 Å². The van der Waals surface area contributed by atoms with Crippen molar-refractivity contribution in [3.8, 4) is 0 Å². The number of aliphatic hydroxyl groups excluding tert-OH is 1. The number of hydrogen-bond acceptors (Lipinski definition) is 2. The molecule has 13 heavy (non-hydrogen) atoms. The van der Waals surface area contributed by atoms with E-state index in [2.05, 4.69) is 0 Å². The van der Waals surface area contributed by atoms with E-state index in [1.807, 2.05) is 4.90 Å². The molecule has 1 N–H and O–H groups in total. The first-order valence-corrected chi connectivity index (χ1v) is 5.21. The lowest BCUT2D eigenvalue weighted by Crippen LogP contribution is -2.39. The lowest BCUT2D eigenvalue weighted by molar-refractivity contribution is -0.134. The average Bonchev–Trinajstić information content (AvgIpc) is 3.00. The summed E-state index contributed by atoms with van der Waals surface area (Å²) >= 11 is 0. The molecule has 0 unspecified atom stereocenters. The SMILES string of the molecule is O=C(C1CC1)N1CCC(CO)CC1. The van der Waals surface area contributed by atoms with E-state index in [0.29, 0.717) is 17.7 Å². The van der Waals surface area contributed by atoms with Crippen LogP contribution in [0.25, 0.3) is 0 Å². The Bertz CT molecular complexity index is 193. The van der Waals surface area contributed by atoms with Crippen molar-refractivity contribution in [3.63, 3.8) is 0 Å². The molecule has 0 aromatic rings. The van der Waals surface area contributed by atoms with Gasteiger partial charge in [0.05, 0.1) is 0 Å². The Kier molecular flexibility index (Phi) is 2.54. The number of carbonyl (C=O) groups is 1. The van der Waals surface area contributed by atoms with Crippen molar-refractivity contribution in [2.45, 2.75) is 25.7 Å². The molecule has 1 aliphatic heterocycles. The summed E-state index contributed by atoms with van der Waals surface area (Å²) in [6.07, 6.45) is 4.15. The van der Waals surface area contributed by atoms with E-state index in [9.17, 15) is 4.79 Å². The molecule has 1 saturated carbocycles. The third-order valence-electron chi connectivity index (χ3n) is 3.11. The van der Waals surface area contributed by atoms with E-state index in [-0.39, 0.29) is 6.61 Å². The maximum absolute atomic E-state index is 11.6. The molecule has 2 rings (SSSR count). The fraction of sp³-hybridized carbons (Fsp3) is 0.900. The predicted molar refractivity (Wildman–Crippen MR) is 49.1 cm³/mol. The number of amides is 1. The van der Waals surface area contributed by atoms with Crippen LogP contribution >= 0.6 is 0 Å². The number of carbonyl (C=O) groups excluding carboxylic acids is 1. The smallest absolute Gasteiger partial charge is 0.225 e. The van der Waals surface area contributed by atoms with Crippen molar-refractivity contribution in [1.82, 2.24) is 4.90 Å². The van der Waals surface area contributed by atoms with E-state index >= 15 is 0 Å². The molecule has 0 aromatic heterocycles. The molecule has 0 radical (unpaired) electrons. The standard InChI is InChI=1S/C10H17NO2/c12-7-8-3-5-11(6-4-8)10(13)9-1-2-9/h8-9,12H,1-7H2. The summed E-state index contributed by atoms with van der Waals surface area (Å²) < 4.78 is 0. The quantitative estimate of drug-likeness (QED) is 0.682. The molecule has 2 aliphatic rings. The highest BCUT2D eigenvalue weighted by Gasteiger charge is 2.34. The highest BCUT2D eigenvalue weighted by molar-refractivity contribution is 5.81. The molecule has 2 fully saturated rings. The minimum Gasteiger partial charge on any atom is -0.396 e. The van der Waals surface area contributed by atoms with Gasteiger partial charge in [-0.3, -0.25) is 4.79 Å². The molecule has 1 heterocycles. The average molecular weight is 183 g/mol. The zero-order valence-corrected chi connectivity index (χ0v) is 7.91. The molecule has 0 atom stereocenters. The molecule has 0 aromatic carbocycles. The summed E-state index contributed by atoms with van der Waals surface area (Å²) in [7, 11) is 0. The summed E-state index contributed by atoms with van der Waals surface area (Å²) in [4.78, 5) is 13.6. The van der Waals surface area contributed by atoms with Crippen molar-refractivity contribution in [2.75, 3.05) is 19.7 Å². The van der Waals surface area contributed by atoms with Gasteiger partial charge in [-0.2, -0.15) is 0 Å². The van der Waals surface area contributed by atoms with Gasteiger partial charge in [-0.05, 0) is 31.6 Å². The molecular weight excluding hydrogens is 166 g/mol.